The Morgan fingerprint density at radius 2 is 2.25 bits per heavy atom. The molecule has 1 aliphatic heterocycles. The highest BCUT2D eigenvalue weighted by Crippen LogP contribution is 2.19. The Kier molecular flexibility index (Phi) is 3.61. The Balaban J connectivity index is 2.21. The number of likely N-dealkylation sites (N-methyl/N-ethyl adjacent to an activating group) is 1. The molecule has 0 amide bonds. The highest BCUT2D eigenvalue weighted by molar-refractivity contribution is 7.99. The quantitative estimate of drug-likeness (QED) is 0.737. The Labute approximate surface area is 98.8 Å². The summed E-state index contributed by atoms with van der Waals surface area (Å²) in [6.45, 7) is 0.884. The van der Waals surface area contributed by atoms with Gasteiger partial charge in [0.2, 0.25) is 0 Å². The van der Waals surface area contributed by atoms with Crippen LogP contribution in [0.3, 0.4) is 0 Å². The molecule has 1 saturated heterocycles. The molecule has 0 N–H and O–H groups in total. The minimum absolute atomic E-state index is 0.104. The third-order valence-electron chi connectivity index (χ3n) is 2.84. The average Bonchev–Trinajstić information content (AvgIpc) is 2.29. The molecule has 0 radical (unpaired) electrons. The third-order valence-corrected chi connectivity index (χ3v) is 3.86. The summed E-state index contributed by atoms with van der Waals surface area (Å²) >= 11 is 1.75. The van der Waals surface area contributed by atoms with Crippen LogP contribution in [-0.4, -0.2) is 41.8 Å². The Hall–Kier alpha value is -0.870. The molecular formula is C12H14FNOS. The summed E-state index contributed by atoms with van der Waals surface area (Å²) in [7, 11) is 1.92. The lowest BCUT2D eigenvalue weighted by molar-refractivity contribution is 0.0870. The Bertz CT molecular complexity index is 396. The lowest BCUT2D eigenvalue weighted by Gasteiger charge is -2.30. The van der Waals surface area contributed by atoms with E-state index in [1.807, 2.05) is 11.9 Å². The van der Waals surface area contributed by atoms with Gasteiger partial charge < -0.3 is 0 Å². The maximum absolute atomic E-state index is 13.5. The molecule has 0 aliphatic carbocycles. The first-order valence-electron chi connectivity index (χ1n) is 5.27. The fraction of sp³-hybridized carbons (Fsp3) is 0.417. The largest absolute Gasteiger partial charge is 0.295 e. The molecule has 86 valence electrons. The minimum atomic E-state index is -0.420. The van der Waals surface area contributed by atoms with Crippen LogP contribution in [0.4, 0.5) is 4.39 Å². The number of Topliss-reactive ketones (excluding diaryl/α,β-unsaturated/α-hetero) is 1. The molecule has 1 aliphatic rings. The van der Waals surface area contributed by atoms with E-state index >= 15 is 0 Å². The van der Waals surface area contributed by atoms with Gasteiger partial charge in [-0.15, -0.1) is 0 Å². The zero-order chi connectivity index (χ0) is 11.5. The van der Waals surface area contributed by atoms with Crippen molar-refractivity contribution in [3.05, 3.63) is 35.6 Å². The molecule has 1 atom stereocenters. The summed E-state index contributed by atoms with van der Waals surface area (Å²) in [6, 6.07) is 6.02. The Morgan fingerprint density at radius 1 is 1.50 bits per heavy atom. The molecule has 0 spiro atoms. The van der Waals surface area contributed by atoms with Crippen molar-refractivity contribution >= 4 is 17.5 Å². The van der Waals surface area contributed by atoms with Gasteiger partial charge in [0.05, 0.1) is 11.6 Å². The van der Waals surface area contributed by atoms with Gasteiger partial charge in [0.25, 0.3) is 0 Å². The van der Waals surface area contributed by atoms with Crippen molar-refractivity contribution in [3.8, 4) is 0 Å². The summed E-state index contributed by atoms with van der Waals surface area (Å²) in [6.07, 6.45) is 0. The number of benzene rings is 1. The summed E-state index contributed by atoms with van der Waals surface area (Å²) < 4.78 is 13.5. The van der Waals surface area contributed by atoms with E-state index in [-0.39, 0.29) is 17.4 Å². The standard InChI is InChI=1S/C12H14FNOS/c1-14-6-7-16-8-11(14)12(15)9-4-2-3-5-10(9)13/h2-5,11H,6-8H2,1H3. The number of carbonyl (C=O) groups excluding carboxylic acids is 1. The maximum Gasteiger partial charge on any atom is 0.183 e. The number of thioether (sulfide) groups is 1. The topological polar surface area (TPSA) is 20.3 Å². The molecular weight excluding hydrogens is 225 g/mol. The second-order valence-corrected chi connectivity index (χ2v) is 5.07. The monoisotopic (exact) mass is 239 g/mol. The molecule has 1 unspecified atom stereocenters. The maximum atomic E-state index is 13.5. The van der Waals surface area contributed by atoms with Crippen LogP contribution in [0, 0.1) is 5.82 Å². The molecule has 1 aromatic carbocycles. The van der Waals surface area contributed by atoms with Crippen LogP contribution in [0.2, 0.25) is 0 Å². The van der Waals surface area contributed by atoms with Crippen molar-refractivity contribution in [2.45, 2.75) is 6.04 Å². The van der Waals surface area contributed by atoms with E-state index in [1.165, 1.54) is 6.07 Å². The van der Waals surface area contributed by atoms with Gasteiger partial charge in [-0.1, -0.05) is 12.1 Å². The van der Waals surface area contributed by atoms with Crippen molar-refractivity contribution in [1.29, 1.82) is 0 Å². The van der Waals surface area contributed by atoms with Crippen molar-refractivity contribution < 1.29 is 9.18 Å². The first-order valence-corrected chi connectivity index (χ1v) is 6.42. The first-order chi connectivity index (χ1) is 7.70. The van der Waals surface area contributed by atoms with E-state index in [0.29, 0.717) is 0 Å². The fourth-order valence-corrected chi connectivity index (χ4v) is 3.02. The summed E-state index contributed by atoms with van der Waals surface area (Å²) in [5.41, 5.74) is 0.210. The molecule has 2 rings (SSSR count). The summed E-state index contributed by atoms with van der Waals surface area (Å²) in [5, 5.41) is 0. The molecule has 1 aromatic rings. The van der Waals surface area contributed by atoms with Crippen LogP contribution in [0.5, 0.6) is 0 Å². The number of ketones is 1. The van der Waals surface area contributed by atoms with Gasteiger partial charge in [0.1, 0.15) is 5.82 Å². The SMILES string of the molecule is CN1CCSCC1C(=O)c1ccccc1F. The third kappa shape index (κ3) is 2.28. The van der Waals surface area contributed by atoms with Crippen molar-refractivity contribution in [2.24, 2.45) is 0 Å². The summed E-state index contributed by atoms with van der Waals surface area (Å²) in [4.78, 5) is 14.1. The van der Waals surface area contributed by atoms with Gasteiger partial charge in [0.15, 0.2) is 5.78 Å². The van der Waals surface area contributed by atoms with E-state index in [2.05, 4.69) is 0 Å². The predicted molar refractivity (Wildman–Crippen MR) is 64.5 cm³/mol. The molecule has 1 fully saturated rings. The minimum Gasteiger partial charge on any atom is -0.295 e. The van der Waals surface area contributed by atoms with Gasteiger partial charge in [-0.25, -0.2) is 4.39 Å². The van der Waals surface area contributed by atoms with E-state index in [0.717, 1.165) is 18.1 Å². The first kappa shape index (κ1) is 11.6. The van der Waals surface area contributed by atoms with Gasteiger partial charge in [-0.2, -0.15) is 11.8 Å². The molecule has 1 heterocycles. The van der Waals surface area contributed by atoms with Crippen molar-refractivity contribution in [1.82, 2.24) is 4.90 Å². The predicted octanol–water partition coefficient (Wildman–Crippen LogP) is 2.06. The van der Waals surface area contributed by atoms with Crippen molar-refractivity contribution in [2.75, 3.05) is 25.1 Å². The van der Waals surface area contributed by atoms with Gasteiger partial charge in [0, 0.05) is 18.1 Å². The van der Waals surface area contributed by atoms with E-state index in [1.54, 1.807) is 30.0 Å². The van der Waals surface area contributed by atoms with Crippen LogP contribution in [0.25, 0.3) is 0 Å². The molecule has 16 heavy (non-hydrogen) atoms. The number of hydrogen-bond donors (Lipinski definition) is 0. The Morgan fingerprint density at radius 3 is 2.94 bits per heavy atom. The average molecular weight is 239 g/mol. The zero-order valence-corrected chi connectivity index (χ0v) is 9.97. The highest BCUT2D eigenvalue weighted by atomic mass is 32.2. The number of nitrogens with zero attached hydrogens (tertiary/aromatic N) is 1. The smallest absolute Gasteiger partial charge is 0.183 e. The number of carbonyl (C=O) groups is 1. The second-order valence-electron chi connectivity index (χ2n) is 3.92. The van der Waals surface area contributed by atoms with Crippen LogP contribution in [0.1, 0.15) is 10.4 Å². The van der Waals surface area contributed by atoms with Crippen LogP contribution >= 0.6 is 11.8 Å². The van der Waals surface area contributed by atoms with Gasteiger partial charge in [-0.05, 0) is 19.2 Å². The lowest BCUT2D eigenvalue weighted by Crippen LogP contribution is -2.45. The van der Waals surface area contributed by atoms with Gasteiger partial charge in [-0.3, -0.25) is 9.69 Å². The highest BCUT2D eigenvalue weighted by Gasteiger charge is 2.28. The van der Waals surface area contributed by atoms with E-state index in [9.17, 15) is 9.18 Å². The fourth-order valence-electron chi connectivity index (χ4n) is 1.80. The zero-order valence-electron chi connectivity index (χ0n) is 9.15. The number of halogens is 1. The van der Waals surface area contributed by atoms with Crippen molar-refractivity contribution in [3.63, 3.8) is 0 Å². The van der Waals surface area contributed by atoms with Crippen LogP contribution in [-0.2, 0) is 0 Å². The number of rotatable bonds is 2. The van der Waals surface area contributed by atoms with E-state index in [4.69, 9.17) is 0 Å². The van der Waals surface area contributed by atoms with Crippen LogP contribution < -0.4 is 0 Å². The lowest BCUT2D eigenvalue weighted by atomic mass is 10.0. The molecule has 0 aromatic heterocycles. The number of hydrogen-bond acceptors (Lipinski definition) is 3. The molecule has 4 heteroatoms. The summed E-state index contributed by atoms with van der Waals surface area (Å²) in [5.74, 6) is 1.27. The molecule has 0 saturated carbocycles. The van der Waals surface area contributed by atoms with Gasteiger partial charge >= 0.3 is 0 Å². The molecule has 0 bridgehead atoms. The normalized spacial score (nSPS) is 22.0. The van der Waals surface area contributed by atoms with E-state index < -0.39 is 5.82 Å². The molecule has 2 nitrogen and oxygen atoms in total. The second kappa shape index (κ2) is 4.97. The van der Waals surface area contributed by atoms with Crippen LogP contribution in [0.15, 0.2) is 24.3 Å².